The lowest BCUT2D eigenvalue weighted by atomic mass is 9.88. The number of hydrogen-bond acceptors (Lipinski definition) is 18. The van der Waals surface area contributed by atoms with Crippen molar-refractivity contribution in [3.8, 4) is 0 Å². The molecular formula is C36H65N3O18. The third kappa shape index (κ3) is 23.7. The van der Waals surface area contributed by atoms with Gasteiger partial charge in [-0.05, 0) is 48.0 Å². The van der Waals surface area contributed by atoms with Crippen molar-refractivity contribution in [2.24, 2.45) is 5.41 Å². The summed E-state index contributed by atoms with van der Waals surface area (Å²) in [7, 11) is 0. The van der Waals surface area contributed by atoms with Crippen LogP contribution in [-0.2, 0) is 57.0 Å². The van der Waals surface area contributed by atoms with E-state index in [1.54, 1.807) is 48.5 Å². The average Bonchev–Trinajstić information content (AvgIpc) is 3.14. The second-order valence-electron chi connectivity index (χ2n) is 12.5. The number of ether oxygens (including phenoxy) is 9. The van der Waals surface area contributed by atoms with Gasteiger partial charge in [-0.1, -0.05) is 6.92 Å². The van der Waals surface area contributed by atoms with E-state index in [1.165, 1.54) is 0 Å². The molecule has 0 radical (unpaired) electrons. The second-order valence-corrected chi connectivity index (χ2v) is 12.5. The summed E-state index contributed by atoms with van der Waals surface area (Å²) in [6, 6.07) is 0. The smallest absolute Gasteiger partial charge is 0.410 e. The number of rotatable bonds is 31. The van der Waals surface area contributed by atoms with E-state index in [4.69, 9.17) is 42.6 Å². The summed E-state index contributed by atoms with van der Waals surface area (Å²) < 4.78 is 47.3. The zero-order valence-corrected chi connectivity index (χ0v) is 34.5. The highest BCUT2D eigenvalue weighted by Gasteiger charge is 2.33. The summed E-state index contributed by atoms with van der Waals surface area (Å²) in [6.07, 6.45) is -5.99. The topological polar surface area (TPSA) is 256 Å². The molecule has 0 rings (SSSR count). The van der Waals surface area contributed by atoms with E-state index < -0.39 is 79.5 Å². The minimum atomic E-state index is -1.27. The van der Waals surface area contributed by atoms with Gasteiger partial charge in [0.25, 0.3) is 0 Å². The molecule has 0 aromatic heterocycles. The first-order valence-corrected chi connectivity index (χ1v) is 19.1. The van der Waals surface area contributed by atoms with Crippen LogP contribution in [0.15, 0.2) is 0 Å². The SMILES string of the molecule is CCOC(=O)CN(CC(O)COCC(CC)(COCC(O)CN(CC(=O)OCC)C(=O)OCC)COCC(O)CN(CC(=O)OCC)C(=O)OCC)C(=O)OCC. The predicted molar refractivity (Wildman–Crippen MR) is 199 cm³/mol. The Morgan fingerprint density at radius 1 is 0.439 bits per heavy atom. The lowest BCUT2D eigenvalue weighted by molar-refractivity contribution is -0.145. The van der Waals surface area contributed by atoms with Crippen LogP contribution in [0.3, 0.4) is 0 Å². The fourth-order valence-electron chi connectivity index (χ4n) is 4.93. The molecule has 0 heterocycles. The van der Waals surface area contributed by atoms with Crippen LogP contribution >= 0.6 is 0 Å². The maximum Gasteiger partial charge on any atom is 0.410 e. The highest BCUT2D eigenvalue weighted by Crippen LogP contribution is 2.25. The summed E-state index contributed by atoms with van der Waals surface area (Å²) in [5, 5.41) is 32.3. The van der Waals surface area contributed by atoms with Gasteiger partial charge in [0.15, 0.2) is 0 Å². The summed E-state index contributed by atoms with van der Waals surface area (Å²) in [4.78, 5) is 76.5. The Balaban J connectivity index is 5.89. The number of aliphatic hydroxyl groups excluding tert-OH is 3. The molecule has 3 amide bonds. The first kappa shape index (κ1) is 53.0. The Labute approximate surface area is 334 Å². The molecule has 3 unspecified atom stereocenters. The molecule has 0 spiro atoms. The highest BCUT2D eigenvalue weighted by molar-refractivity contribution is 5.79. The Bertz CT molecular complexity index is 1040. The van der Waals surface area contributed by atoms with E-state index >= 15 is 0 Å². The molecule has 21 nitrogen and oxygen atoms in total. The predicted octanol–water partition coefficient (Wildman–Crippen LogP) is 0.580. The van der Waals surface area contributed by atoms with Crippen LogP contribution in [0, 0.1) is 5.41 Å². The van der Waals surface area contributed by atoms with Crippen molar-refractivity contribution in [3.63, 3.8) is 0 Å². The molecule has 0 aliphatic carbocycles. The van der Waals surface area contributed by atoms with Gasteiger partial charge in [0.1, 0.15) is 19.6 Å². The van der Waals surface area contributed by atoms with E-state index in [-0.39, 0.29) is 98.9 Å². The van der Waals surface area contributed by atoms with E-state index in [0.29, 0.717) is 6.42 Å². The number of carbonyl (C=O) groups is 6. The third-order valence-electron chi connectivity index (χ3n) is 7.65. The van der Waals surface area contributed by atoms with Crippen LogP contribution in [0.2, 0.25) is 0 Å². The molecule has 0 fully saturated rings. The van der Waals surface area contributed by atoms with E-state index in [1.807, 2.05) is 0 Å². The quantitative estimate of drug-likeness (QED) is 0.0638. The minimum Gasteiger partial charge on any atom is -0.465 e. The molecule has 3 N–H and O–H groups in total. The first-order valence-electron chi connectivity index (χ1n) is 19.1. The number of nitrogens with zero attached hydrogens (tertiary/aromatic N) is 3. The van der Waals surface area contributed by atoms with Gasteiger partial charge in [0.05, 0.1) is 117 Å². The Kier molecular flexibility index (Phi) is 28.8. The average molecular weight is 828 g/mol. The first-order chi connectivity index (χ1) is 27.1. The van der Waals surface area contributed by atoms with Crippen molar-refractivity contribution >= 4 is 36.2 Å². The molecule has 0 saturated heterocycles. The van der Waals surface area contributed by atoms with Crippen molar-refractivity contribution in [2.45, 2.75) is 73.2 Å². The van der Waals surface area contributed by atoms with Crippen LogP contribution in [0.1, 0.15) is 54.9 Å². The number of carbonyl (C=O) groups excluding carboxylic acids is 6. The number of aliphatic hydroxyl groups is 3. The largest absolute Gasteiger partial charge is 0.465 e. The molecule has 3 atom stereocenters. The van der Waals surface area contributed by atoms with Gasteiger partial charge >= 0.3 is 36.2 Å². The van der Waals surface area contributed by atoms with Crippen molar-refractivity contribution in [3.05, 3.63) is 0 Å². The van der Waals surface area contributed by atoms with Crippen LogP contribution in [0.4, 0.5) is 14.4 Å². The highest BCUT2D eigenvalue weighted by atomic mass is 16.6. The Hall–Kier alpha value is -4.02. The van der Waals surface area contributed by atoms with Crippen LogP contribution in [-0.4, -0.2) is 203 Å². The molecule has 332 valence electrons. The van der Waals surface area contributed by atoms with Crippen LogP contribution in [0.25, 0.3) is 0 Å². The van der Waals surface area contributed by atoms with E-state index in [0.717, 1.165) is 14.7 Å². The summed E-state index contributed by atoms with van der Waals surface area (Å²) >= 11 is 0. The van der Waals surface area contributed by atoms with Gasteiger partial charge in [0, 0.05) is 5.41 Å². The van der Waals surface area contributed by atoms with Crippen LogP contribution in [0.5, 0.6) is 0 Å². The maximum absolute atomic E-state index is 12.4. The lowest BCUT2D eigenvalue weighted by Gasteiger charge is -2.34. The van der Waals surface area contributed by atoms with Gasteiger partial charge in [-0.25, -0.2) is 14.4 Å². The fourth-order valence-corrected chi connectivity index (χ4v) is 4.93. The summed E-state index contributed by atoms with van der Waals surface area (Å²) in [6.45, 7) is 8.14. The minimum absolute atomic E-state index is 0.0334. The molecular weight excluding hydrogens is 762 g/mol. The van der Waals surface area contributed by atoms with E-state index in [2.05, 4.69) is 0 Å². The van der Waals surface area contributed by atoms with Gasteiger partial charge in [-0.3, -0.25) is 29.1 Å². The Morgan fingerprint density at radius 3 is 0.895 bits per heavy atom. The van der Waals surface area contributed by atoms with Crippen molar-refractivity contribution in [1.29, 1.82) is 0 Å². The monoisotopic (exact) mass is 827 g/mol. The Morgan fingerprint density at radius 2 is 0.684 bits per heavy atom. The molecule has 0 bridgehead atoms. The maximum atomic E-state index is 12.4. The van der Waals surface area contributed by atoms with Gasteiger partial charge in [-0.15, -0.1) is 0 Å². The summed E-state index contributed by atoms with van der Waals surface area (Å²) in [5.74, 6) is -2.08. The molecule has 0 aliphatic rings. The number of amides is 3. The number of hydrogen-bond donors (Lipinski definition) is 3. The van der Waals surface area contributed by atoms with Crippen LogP contribution < -0.4 is 0 Å². The van der Waals surface area contributed by atoms with Crippen molar-refractivity contribution in [2.75, 3.05) is 119 Å². The van der Waals surface area contributed by atoms with Crippen molar-refractivity contribution < 1.29 is 86.7 Å². The summed E-state index contributed by atoms with van der Waals surface area (Å²) in [5.41, 5.74) is -0.984. The normalized spacial score (nSPS) is 13.6. The van der Waals surface area contributed by atoms with Crippen molar-refractivity contribution in [1.82, 2.24) is 14.7 Å². The third-order valence-corrected chi connectivity index (χ3v) is 7.65. The van der Waals surface area contributed by atoms with Gasteiger partial charge in [0.2, 0.25) is 0 Å². The molecule has 0 saturated carbocycles. The number of esters is 3. The second kappa shape index (κ2) is 31.0. The van der Waals surface area contributed by atoms with Gasteiger partial charge < -0.3 is 58.0 Å². The lowest BCUT2D eigenvalue weighted by Crippen LogP contribution is -2.45. The molecule has 57 heavy (non-hydrogen) atoms. The van der Waals surface area contributed by atoms with Gasteiger partial charge in [-0.2, -0.15) is 0 Å². The fraction of sp³-hybridized carbons (Fsp3) is 0.833. The molecule has 0 aromatic rings. The molecule has 0 aliphatic heterocycles. The standard InChI is InChI=1S/C36H65N3O18/c1-8-36(24-49-21-27(40)15-37(33(46)55-12-5)18-30(43)52-9-2,25-50-22-28(41)16-38(34(47)56-13-6)19-31(44)53-10-3)26-51-23-29(42)17-39(35(48)57-14-7)20-32(45)54-11-4/h27-29,40-42H,8-26H2,1-7H3. The van der Waals surface area contributed by atoms with E-state index in [9.17, 15) is 44.1 Å². The molecule has 21 heteroatoms. The zero-order valence-electron chi connectivity index (χ0n) is 34.5. The molecule has 0 aromatic carbocycles. The zero-order chi connectivity index (χ0) is 43.2.